The van der Waals surface area contributed by atoms with Gasteiger partial charge in [0.05, 0.1) is 26.4 Å². The van der Waals surface area contributed by atoms with Gasteiger partial charge in [0.15, 0.2) is 18.1 Å². The minimum atomic E-state index is -0.519. The largest absolute Gasteiger partial charge is 0.493 e. The Morgan fingerprint density at radius 2 is 1.74 bits per heavy atom. The monoisotopic (exact) mass is 449 g/mol. The van der Waals surface area contributed by atoms with Crippen LogP contribution in [-0.4, -0.2) is 45.3 Å². The van der Waals surface area contributed by atoms with Gasteiger partial charge >= 0.3 is 11.9 Å². The first-order valence-corrected chi connectivity index (χ1v) is 10.7. The summed E-state index contributed by atoms with van der Waals surface area (Å²) in [5.41, 5.74) is 1.18. The molecule has 1 aromatic heterocycles. The summed E-state index contributed by atoms with van der Waals surface area (Å²) in [5.74, 6) is -0.341. The molecule has 0 radical (unpaired) electrons. The second-order valence-electron chi connectivity index (χ2n) is 6.43. The van der Waals surface area contributed by atoms with Gasteiger partial charge in [-0.05, 0) is 43.5 Å². The molecule has 0 spiro atoms. The number of aryl methyl sites for hydroxylation is 2. The topological polar surface area (TPSA) is 100 Å². The Labute approximate surface area is 185 Å². The van der Waals surface area contributed by atoms with Gasteiger partial charge in [-0.25, -0.2) is 4.79 Å². The molecule has 0 unspecified atom stereocenters. The minimum absolute atomic E-state index is 0.107. The van der Waals surface area contributed by atoms with Crippen molar-refractivity contribution in [2.45, 2.75) is 33.1 Å². The summed E-state index contributed by atoms with van der Waals surface area (Å²) >= 11 is 1.29. The number of hydrogen-bond donors (Lipinski definition) is 1. The smallest absolute Gasteiger partial charge is 0.341 e. The van der Waals surface area contributed by atoms with Crippen molar-refractivity contribution < 1.29 is 33.3 Å². The molecule has 1 N–H and O–H groups in total. The van der Waals surface area contributed by atoms with E-state index in [-0.39, 0.29) is 13.0 Å². The first-order valence-electron chi connectivity index (χ1n) is 9.87. The van der Waals surface area contributed by atoms with Crippen molar-refractivity contribution in [1.29, 1.82) is 0 Å². The molecular formula is C22H27NO7S. The molecule has 0 aliphatic heterocycles. The summed E-state index contributed by atoms with van der Waals surface area (Å²) in [7, 11) is 3.09. The molecule has 0 aliphatic rings. The highest BCUT2D eigenvalue weighted by Crippen LogP contribution is 2.30. The Morgan fingerprint density at radius 1 is 1.00 bits per heavy atom. The van der Waals surface area contributed by atoms with E-state index in [0.29, 0.717) is 28.5 Å². The third-order valence-electron chi connectivity index (χ3n) is 4.31. The molecule has 0 bridgehead atoms. The van der Waals surface area contributed by atoms with E-state index in [4.69, 9.17) is 18.9 Å². The molecule has 0 fully saturated rings. The number of benzene rings is 1. The number of carbonyl (C=O) groups excluding carboxylic acids is 3. The molecule has 9 heteroatoms. The number of hydrogen-bond acceptors (Lipinski definition) is 8. The van der Waals surface area contributed by atoms with Crippen molar-refractivity contribution in [1.82, 2.24) is 0 Å². The second kappa shape index (κ2) is 11.9. The Hall–Kier alpha value is -3.07. The Bertz CT molecular complexity index is 923. The van der Waals surface area contributed by atoms with Crippen molar-refractivity contribution in [3.8, 4) is 11.5 Å². The van der Waals surface area contributed by atoms with Crippen LogP contribution in [0, 0.1) is 0 Å². The highest BCUT2D eigenvalue weighted by atomic mass is 32.1. The quantitative estimate of drug-likeness (QED) is 0.523. The van der Waals surface area contributed by atoms with E-state index >= 15 is 0 Å². The Balaban J connectivity index is 1.87. The lowest BCUT2D eigenvalue weighted by atomic mass is 10.1. The maximum absolute atomic E-state index is 12.2. The SMILES string of the molecule is CCOC(=O)c1cc(CC)sc1NC(=O)COC(=O)CCc1ccc(OC)c(OC)c1. The molecule has 0 saturated heterocycles. The minimum Gasteiger partial charge on any atom is -0.493 e. The van der Waals surface area contributed by atoms with Gasteiger partial charge in [-0.3, -0.25) is 9.59 Å². The highest BCUT2D eigenvalue weighted by molar-refractivity contribution is 7.16. The molecular weight excluding hydrogens is 422 g/mol. The summed E-state index contributed by atoms with van der Waals surface area (Å²) in [6.45, 7) is 3.46. The standard InChI is InChI=1S/C22H27NO7S/c1-5-15-12-16(22(26)29-6-2)21(31-15)23-19(24)13-30-20(25)10-8-14-7-9-17(27-3)18(11-14)28-4/h7,9,11-12H,5-6,8,10,13H2,1-4H3,(H,23,24). The van der Waals surface area contributed by atoms with E-state index in [1.54, 1.807) is 39.3 Å². The molecule has 31 heavy (non-hydrogen) atoms. The second-order valence-corrected chi connectivity index (χ2v) is 7.56. The fraction of sp³-hybridized carbons (Fsp3) is 0.409. The lowest BCUT2D eigenvalue weighted by Crippen LogP contribution is -2.21. The van der Waals surface area contributed by atoms with E-state index in [2.05, 4.69) is 5.32 Å². The molecule has 0 aliphatic carbocycles. The van der Waals surface area contributed by atoms with Crippen LogP contribution < -0.4 is 14.8 Å². The fourth-order valence-corrected chi connectivity index (χ4v) is 3.73. The van der Waals surface area contributed by atoms with E-state index in [9.17, 15) is 14.4 Å². The van der Waals surface area contributed by atoms with Crippen molar-refractivity contribution >= 4 is 34.2 Å². The van der Waals surface area contributed by atoms with E-state index in [1.807, 2.05) is 13.0 Å². The number of rotatable bonds is 11. The summed E-state index contributed by atoms with van der Waals surface area (Å²) in [4.78, 5) is 37.3. The predicted molar refractivity (Wildman–Crippen MR) is 117 cm³/mol. The van der Waals surface area contributed by atoms with Crippen molar-refractivity contribution in [2.75, 3.05) is 32.8 Å². The van der Waals surface area contributed by atoms with Crippen molar-refractivity contribution in [3.63, 3.8) is 0 Å². The number of anilines is 1. The number of amides is 1. The van der Waals surface area contributed by atoms with Crippen LogP contribution in [0.4, 0.5) is 5.00 Å². The number of esters is 2. The molecule has 168 valence electrons. The number of thiophene rings is 1. The van der Waals surface area contributed by atoms with Crippen molar-refractivity contribution in [3.05, 3.63) is 40.3 Å². The molecule has 0 atom stereocenters. The zero-order valence-corrected chi connectivity index (χ0v) is 18.9. The maximum atomic E-state index is 12.2. The Kier molecular flexibility index (Phi) is 9.33. The first kappa shape index (κ1) is 24.2. The first-order chi connectivity index (χ1) is 14.9. The van der Waals surface area contributed by atoms with Gasteiger partial charge in [0, 0.05) is 11.3 Å². The third-order valence-corrected chi connectivity index (χ3v) is 5.50. The van der Waals surface area contributed by atoms with Crippen LogP contribution in [0.2, 0.25) is 0 Å². The maximum Gasteiger partial charge on any atom is 0.341 e. The molecule has 1 heterocycles. The van der Waals surface area contributed by atoms with E-state index < -0.39 is 24.5 Å². The lowest BCUT2D eigenvalue weighted by Gasteiger charge is -2.10. The lowest BCUT2D eigenvalue weighted by molar-refractivity contribution is -0.147. The van der Waals surface area contributed by atoms with Crippen LogP contribution in [0.15, 0.2) is 24.3 Å². The summed E-state index contributed by atoms with van der Waals surface area (Å²) in [5, 5.41) is 3.02. The normalized spacial score (nSPS) is 10.3. The van der Waals surface area contributed by atoms with Crippen molar-refractivity contribution in [2.24, 2.45) is 0 Å². The van der Waals surface area contributed by atoms with Crippen LogP contribution >= 0.6 is 11.3 Å². The average Bonchev–Trinajstić information content (AvgIpc) is 3.19. The van der Waals surface area contributed by atoms with Crippen LogP contribution in [0.1, 0.15) is 41.1 Å². The number of nitrogens with one attached hydrogen (secondary N) is 1. The van der Waals surface area contributed by atoms with E-state index in [1.165, 1.54) is 11.3 Å². The van der Waals surface area contributed by atoms with Crippen LogP contribution in [0.25, 0.3) is 0 Å². The van der Waals surface area contributed by atoms with Crippen LogP contribution in [0.5, 0.6) is 11.5 Å². The van der Waals surface area contributed by atoms with E-state index in [0.717, 1.165) is 16.9 Å². The molecule has 1 aromatic carbocycles. The van der Waals surface area contributed by atoms with Gasteiger partial charge in [0.2, 0.25) is 0 Å². The predicted octanol–water partition coefficient (Wildman–Crippen LogP) is 3.62. The molecule has 2 aromatic rings. The highest BCUT2D eigenvalue weighted by Gasteiger charge is 2.19. The molecule has 1 amide bonds. The van der Waals surface area contributed by atoms with Gasteiger partial charge in [-0.15, -0.1) is 11.3 Å². The fourth-order valence-electron chi connectivity index (χ4n) is 2.73. The van der Waals surface area contributed by atoms with Crippen LogP contribution in [-0.2, 0) is 31.9 Å². The summed E-state index contributed by atoms with van der Waals surface area (Å²) < 4.78 is 20.5. The van der Waals surface area contributed by atoms with Gasteiger partial charge in [0.1, 0.15) is 5.00 Å². The Morgan fingerprint density at radius 3 is 2.39 bits per heavy atom. The van der Waals surface area contributed by atoms with Gasteiger partial charge in [-0.2, -0.15) is 0 Å². The average molecular weight is 450 g/mol. The summed E-state index contributed by atoms with van der Waals surface area (Å²) in [6.07, 6.45) is 1.26. The zero-order chi connectivity index (χ0) is 22.8. The number of ether oxygens (including phenoxy) is 4. The summed E-state index contributed by atoms with van der Waals surface area (Å²) in [6, 6.07) is 7.09. The van der Waals surface area contributed by atoms with Gasteiger partial charge in [0.25, 0.3) is 5.91 Å². The van der Waals surface area contributed by atoms with Gasteiger partial charge < -0.3 is 24.3 Å². The van der Waals surface area contributed by atoms with Gasteiger partial charge in [-0.1, -0.05) is 13.0 Å². The molecule has 8 nitrogen and oxygen atoms in total. The molecule has 0 saturated carbocycles. The molecule has 2 rings (SSSR count). The number of carbonyl (C=O) groups is 3. The number of methoxy groups -OCH3 is 2. The third kappa shape index (κ3) is 6.99. The zero-order valence-electron chi connectivity index (χ0n) is 18.1. The van der Waals surface area contributed by atoms with Crippen LogP contribution in [0.3, 0.4) is 0 Å².